The minimum absolute atomic E-state index is 0.326. The maximum Gasteiger partial charge on any atom is 0.0431 e. The summed E-state index contributed by atoms with van der Waals surface area (Å²) in [4.78, 5) is 3.99. The third-order valence-corrected chi connectivity index (χ3v) is 5.14. The summed E-state index contributed by atoms with van der Waals surface area (Å²) in [6.45, 7) is 2.60. The van der Waals surface area contributed by atoms with Crippen molar-refractivity contribution < 1.29 is 5.11 Å². The van der Waals surface area contributed by atoms with Crippen molar-refractivity contribution in [1.82, 2.24) is 4.90 Å². The summed E-state index contributed by atoms with van der Waals surface area (Å²) in [6.07, 6.45) is 4.67. The number of aliphatic hydroxyl groups excluding tert-OH is 1. The van der Waals surface area contributed by atoms with Gasteiger partial charge in [0, 0.05) is 28.5 Å². The molecule has 1 saturated heterocycles. The normalized spacial score (nSPS) is 21.8. The van der Waals surface area contributed by atoms with Crippen LogP contribution in [0.2, 0.25) is 0 Å². The van der Waals surface area contributed by atoms with Crippen molar-refractivity contribution in [2.75, 3.05) is 13.2 Å². The first-order valence-corrected chi connectivity index (χ1v) is 7.55. The highest BCUT2D eigenvalue weighted by Gasteiger charge is 2.24. The van der Waals surface area contributed by atoms with Gasteiger partial charge in [0.15, 0.2) is 0 Å². The predicted octanol–water partition coefficient (Wildman–Crippen LogP) is 3.25. The van der Waals surface area contributed by atoms with E-state index in [4.69, 9.17) is 5.11 Å². The third kappa shape index (κ3) is 3.06. The Morgan fingerprint density at radius 2 is 2.44 bits per heavy atom. The van der Waals surface area contributed by atoms with Crippen molar-refractivity contribution in [1.29, 1.82) is 0 Å². The van der Waals surface area contributed by atoms with Crippen molar-refractivity contribution in [3.63, 3.8) is 0 Å². The first kappa shape index (κ1) is 12.6. The van der Waals surface area contributed by atoms with E-state index < -0.39 is 0 Å². The van der Waals surface area contributed by atoms with Crippen LogP contribution in [0.3, 0.4) is 0 Å². The summed E-state index contributed by atoms with van der Waals surface area (Å²) in [7, 11) is 0. The topological polar surface area (TPSA) is 23.5 Å². The van der Waals surface area contributed by atoms with E-state index >= 15 is 0 Å². The van der Waals surface area contributed by atoms with Gasteiger partial charge in [-0.2, -0.15) is 0 Å². The second kappa shape index (κ2) is 6.15. The fourth-order valence-corrected chi connectivity index (χ4v) is 3.88. The SMILES string of the molecule is OCCCC1CCCN1Cc1sccc1Br. The molecule has 90 valence electrons. The monoisotopic (exact) mass is 303 g/mol. The quantitative estimate of drug-likeness (QED) is 0.902. The summed E-state index contributed by atoms with van der Waals surface area (Å²) in [5, 5.41) is 11.0. The highest BCUT2D eigenvalue weighted by Crippen LogP contribution is 2.29. The van der Waals surface area contributed by atoms with Crippen molar-refractivity contribution in [2.24, 2.45) is 0 Å². The Morgan fingerprint density at radius 1 is 1.56 bits per heavy atom. The molecule has 0 bridgehead atoms. The van der Waals surface area contributed by atoms with Crippen LogP contribution in [-0.2, 0) is 6.54 Å². The summed E-state index contributed by atoms with van der Waals surface area (Å²) in [5.41, 5.74) is 0. The predicted molar refractivity (Wildman–Crippen MR) is 71.8 cm³/mol. The molecule has 0 aromatic carbocycles. The molecular formula is C12H18BrNOS. The van der Waals surface area contributed by atoms with E-state index in [2.05, 4.69) is 32.3 Å². The van der Waals surface area contributed by atoms with Gasteiger partial charge in [0.25, 0.3) is 0 Å². The Kier molecular flexibility index (Phi) is 4.82. The Labute approximate surface area is 109 Å². The molecule has 16 heavy (non-hydrogen) atoms. The lowest BCUT2D eigenvalue weighted by molar-refractivity contribution is 0.211. The number of likely N-dealkylation sites (tertiary alicyclic amines) is 1. The molecule has 1 aliphatic rings. The molecule has 1 aromatic rings. The zero-order chi connectivity index (χ0) is 11.4. The lowest BCUT2D eigenvalue weighted by Gasteiger charge is -2.23. The van der Waals surface area contributed by atoms with E-state index in [0.29, 0.717) is 12.6 Å². The zero-order valence-electron chi connectivity index (χ0n) is 9.36. The van der Waals surface area contributed by atoms with Crippen molar-refractivity contribution in [3.05, 3.63) is 20.8 Å². The molecule has 1 fully saturated rings. The highest BCUT2D eigenvalue weighted by molar-refractivity contribution is 9.10. The van der Waals surface area contributed by atoms with Gasteiger partial charge in [-0.1, -0.05) is 0 Å². The fourth-order valence-electron chi connectivity index (χ4n) is 2.38. The van der Waals surface area contributed by atoms with Crippen LogP contribution < -0.4 is 0 Å². The smallest absolute Gasteiger partial charge is 0.0431 e. The second-order valence-corrected chi connectivity index (χ2v) is 6.18. The van der Waals surface area contributed by atoms with Crippen LogP contribution in [0.1, 0.15) is 30.6 Å². The van der Waals surface area contributed by atoms with Gasteiger partial charge >= 0.3 is 0 Å². The molecule has 2 rings (SSSR count). The van der Waals surface area contributed by atoms with Gasteiger partial charge in [0.05, 0.1) is 0 Å². The van der Waals surface area contributed by atoms with Gasteiger partial charge in [-0.15, -0.1) is 11.3 Å². The van der Waals surface area contributed by atoms with Gasteiger partial charge in [0.1, 0.15) is 0 Å². The third-order valence-electron chi connectivity index (χ3n) is 3.23. The van der Waals surface area contributed by atoms with Crippen LogP contribution in [0, 0.1) is 0 Å². The van der Waals surface area contributed by atoms with Crippen molar-refractivity contribution in [2.45, 2.75) is 38.3 Å². The van der Waals surface area contributed by atoms with Gasteiger partial charge < -0.3 is 5.11 Å². The first-order chi connectivity index (χ1) is 7.81. The largest absolute Gasteiger partial charge is 0.396 e. The zero-order valence-corrected chi connectivity index (χ0v) is 11.8. The van der Waals surface area contributed by atoms with Gasteiger partial charge in [-0.25, -0.2) is 0 Å². The van der Waals surface area contributed by atoms with Gasteiger partial charge in [0.2, 0.25) is 0 Å². The summed E-state index contributed by atoms with van der Waals surface area (Å²) in [5.74, 6) is 0. The molecule has 4 heteroatoms. The van der Waals surface area contributed by atoms with E-state index in [0.717, 1.165) is 19.4 Å². The number of halogens is 1. The minimum atomic E-state index is 0.326. The average molecular weight is 304 g/mol. The number of hydrogen-bond acceptors (Lipinski definition) is 3. The van der Waals surface area contributed by atoms with E-state index in [1.807, 2.05) is 11.3 Å². The first-order valence-electron chi connectivity index (χ1n) is 5.88. The maximum absolute atomic E-state index is 8.89. The van der Waals surface area contributed by atoms with E-state index in [-0.39, 0.29) is 0 Å². The van der Waals surface area contributed by atoms with Crippen molar-refractivity contribution in [3.8, 4) is 0 Å². The molecule has 0 saturated carbocycles. The van der Waals surface area contributed by atoms with Gasteiger partial charge in [-0.05, 0) is 59.6 Å². The molecule has 2 nitrogen and oxygen atoms in total. The average Bonchev–Trinajstić information content (AvgIpc) is 2.87. The highest BCUT2D eigenvalue weighted by atomic mass is 79.9. The van der Waals surface area contributed by atoms with E-state index in [1.165, 1.54) is 28.7 Å². The summed E-state index contributed by atoms with van der Waals surface area (Å²) in [6, 6.07) is 2.81. The maximum atomic E-state index is 8.89. The molecule has 1 aliphatic heterocycles. The lowest BCUT2D eigenvalue weighted by atomic mass is 10.1. The number of aliphatic hydroxyl groups is 1. The molecule has 1 atom stereocenters. The molecule has 1 N–H and O–H groups in total. The molecule has 0 amide bonds. The number of nitrogens with zero attached hydrogens (tertiary/aromatic N) is 1. The van der Waals surface area contributed by atoms with Crippen LogP contribution >= 0.6 is 27.3 Å². The Bertz CT molecular complexity index is 329. The van der Waals surface area contributed by atoms with E-state index in [1.54, 1.807) is 0 Å². The number of rotatable bonds is 5. The summed E-state index contributed by atoms with van der Waals surface area (Å²) >= 11 is 5.41. The van der Waals surface area contributed by atoms with Crippen LogP contribution in [0.15, 0.2) is 15.9 Å². The van der Waals surface area contributed by atoms with Crippen LogP contribution in [0.5, 0.6) is 0 Å². The van der Waals surface area contributed by atoms with Crippen molar-refractivity contribution >= 4 is 27.3 Å². The lowest BCUT2D eigenvalue weighted by Crippen LogP contribution is -2.28. The molecule has 0 radical (unpaired) electrons. The Hall–Kier alpha value is 0.100. The summed E-state index contributed by atoms with van der Waals surface area (Å²) < 4.78 is 1.24. The standard InChI is InChI=1S/C12H18BrNOS/c13-11-5-8-16-12(11)9-14-6-1-3-10(14)4-2-7-15/h5,8,10,15H,1-4,6-7,9H2. The Balaban J connectivity index is 1.91. The molecule has 2 heterocycles. The molecule has 0 aliphatic carbocycles. The molecular weight excluding hydrogens is 286 g/mol. The van der Waals surface area contributed by atoms with E-state index in [9.17, 15) is 0 Å². The molecule has 0 spiro atoms. The minimum Gasteiger partial charge on any atom is -0.396 e. The Morgan fingerprint density at radius 3 is 3.12 bits per heavy atom. The fraction of sp³-hybridized carbons (Fsp3) is 0.667. The van der Waals surface area contributed by atoms with Crippen LogP contribution in [0.4, 0.5) is 0 Å². The molecule has 1 unspecified atom stereocenters. The number of thiophene rings is 1. The van der Waals surface area contributed by atoms with Crippen LogP contribution in [0.25, 0.3) is 0 Å². The van der Waals surface area contributed by atoms with Gasteiger partial charge in [-0.3, -0.25) is 4.90 Å². The number of hydrogen-bond donors (Lipinski definition) is 1. The molecule has 1 aromatic heterocycles. The van der Waals surface area contributed by atoms with Crippen LogP contribution in [-0.4, -0.2) is 29.2 Å². The second-order valence-electron chi connectivity index (χ2n) is 4.32.